The summed E-state index contributed by atoms with van der Waals surface area (Å²) in [6, 6.07) is 9.34. The van der Waals surface area contributed by atoms with Gasteiger partial charge in [-0.3, -0.25) is 0 Å². The Morgan fingerprint density at radius 2 is 1.60 bits per heavy atom. The van der Waals surface area contributed by atoms with Crippen LogP contribution in [0.15, 0.2) is 29.2 Å². The van der Waals surface area contributed by atoms with Crippen LogP contribution in [-0.4, -0.2) is 19.3 Å². The van der Waals surface area contributed by atoms with Crippen molar-refractivity contribution in [3.8, 4) is 0 Å². The quantitative estimate of drug-likeness (QED) is 0.712. The number of nitrogens with zero attached hydrogens (tertiary/aromatic N) is 1. The maximum Gasteiger partial charge on any atom is 0.0366 e. The molecule has 0 aliphatic carbocycles. The Bertz CT molecular complexity index is 292. The zero-order chi connectivity index (χ0) is 11.4. The maximum atomic E-state index is 2.34. The van der Waals surface area contributed by atoms with Gasteiger partial charge < -0.3 is 4.90 Å². The van der Waals surface area contributed by atoms with Crippen LogP contribution in [0.3, 0.4) is 0 Å². The molecule has 0 saturated heterocycles. The molecule has 1 unspecified atom stereocenters. The highest BCUT2D eigenvalue weighted by molar-refractivity contribution is 7.98. The van der Waals surface area contributed by atoms with Crippen molar-refractivity contribution in [1.82, 2.24) is 0 Å². The number of rotatable bonds is 4. The first kappa shape index (κ1) is 12.4. The van der Waals surface area contributed by atoms with Gasteiger partial charge in [0.05, 0.1) is 0 Å². The van der Waals surface area contributed by atoms with Gasteiger partial charge in [-0.25, -0.2) is 0 Å². The van der Waals surface area contributed by atoms with Crippen molar-refractivity contribution < 1.29 is 0 Å². The van der Waals surface area contributed by atoms with Gasteiger partial charge in [-0.05, 0) is 43.4 Å². The van der Waals surface area contributed by atoms with Gasteiger partial charge in [0.15, 0.2) is 0 Å². The van der Waals surface area contributed by atoms with Crippen LogP contribution in [-0.2, 0) is 0 Å². The van der Waals surface area contributed by atoms with Crippen molar-refractivity contribution in [3.63, 3.8) is 0 Å². The van der Waals surface area contributed by atoms with Crippen LogP contribution in [0.25, 0.3) is 0 Å². The van der Waals surface area contributed by atoms with Crippen molar-refractivity contribution in [3.05, 3.63) is 24.3 Å². The van der Waals surface area contributed by atoms with Gasteiger partial charge in [-0.1, -0.05) is 13.8 Å². The predicted octanol–water partition coefficient (Wildman–Crippen LogP) is 3.89. The molecule has 0 fully saturated rings. The molecule has 1 nitrogen and oxygen atoms in total. The minimum absolute atomic E-state index is 0.574. The summed E-state index contributed by atoms with van der Waals surface area (Å²) in [5.74, 6) is 0.676. The van der Waals surface area contributed by atoms with Gasteiger partial charge in [0.1, 0.15) is 0 Å². The van der Waals surface area contributed by atoms with Crippen molar-refractivity contribution in [2.24, 2.45) is 5.92 Å². The van der Waals surface area contributed by atoms with Crippen LogP contribution in [0.4, 0.5) is 5.69 Å². The fourth-order valence-electron chi connectivity index (χ4n) is 1.50. The summed E-state index contributed by atoms with van der Waals surface area (Å²) < 4.78 is 0. The monoisotopic (exact) mass is 223 g/mol. The smallest absolute Gasteiger partial charge is 0.0366 e. The fourth-order valence-corrected chi connectivity index (χ4v) is 1.91. The Balaban J connectivity index is 2.78. The van der Waals surface area contributed by atoms with Gasteiger partial charge in [0.25, 0.3) is 0 Å². The van der Waals surface area contributed by atoms with Crippen LogP contribution in [0, 0.1) is 5.92 Å². The van der Waals surface area contributed by atoms with E-state index in [1.54, 1.807) is 11.8 Å². The highest BCUT2D eigenvalue weighted by Crippen LogP contribution is 2.22. The minimum Gasteiger partial charge on any atom is -0.372 e. The van der Waals surface area contributed by atoms with E-state index in [2.05, 4.69) is 63.2 Å². The molecule has 15 heavy (non-hydrogen) atoms. The average Bonchev–Trinajstić information content (AvgIpc) is 2.27. The van der Waals surface area contributed by atoms with E-state index >= 15 is 0 Å². The van der Waals surface area contributed by atoms with E-state index < -0.39 is 0 Å². The topological polar surface area (TPSA) is 3.24 Å². The molecule has 0 bridgehead atoms. The van der Waals surface area contributed by atoms with Gasteiger partial charge >= 0.3 is 0 Å². The van der Waals surface area contributed by atoms with Crippen molar-refractivity contribution in [2.45, 2.75) is 31.7 Å². The van der Waals surface area contributed by atoms with Crippen molar-refractivity contribution >= 4 is 17.4 Å². The zero-order valence-corrected chi connectivity index (χ0v) is 11.1. The lowest BCUT2D eigenvalue weighted by molar-refractivity contribution is 0.505. The SMILES string of the molecule is CSc1ccc(N(C)C(C)C(C)C)cc1. The van der Waals surface area contributed by atoms with Crippen molar-refractivity contribution in [2.75, 3.05) is 18.2 Å². The third kappa shape index (κ3) is 3.16. The first-order valence-corrected chi connectivity index (χ1v) is 6.65. The third-order valence-corrected chi connectivity index (χ3v) is 3.80. The number of thioether (sulfide) groups is 1. The molecular formula is C13H21NS. The normalized spacial score (nSPS) is 12.9. The summed E-state index contributed by atoms with van der Waals surface area (Å²) in [4.78, 5) is 3.67. The van der Waals surface area contributed by atoms with E-state index in [0.717, 1.165) is 0 Å². The molecule has 1 aromatic carbocycles. The highest BCUT2D eigenvalue weighted by Gasteiger charge is 2.13. The molecule has 1 atom stereocenters. The molecule has 0 saturated carbocycles. The summed E-state index contributed by atoms with van der Waals surface area (Å²) in [6.45, 7) is 6.79. The van der Waals surface area contributed by atoms with E-state index in [4.69, 9.17) is 0 Å². The second kappa shape index (κ2) is 5.45. The van der Waals surface area contributed by atoms with E-state index in [1.807, 2.05) is 0 Å². The number of benzene rings is 1. The number of hydrogen-bond acceptors (Lipinski definition) is 2. The van der Waals surface area contributed by atoms with Gasteiger partial charge in [-0.15, -0.1) is 11.8 Å². The van der Waals surface area contributed by atoms with Crippen LogP contribution in [0.5, 0.6) is 0 Å². The van der Waals surface area contributed by atoms with E-state index in [9.17, 15) is 0 Å². The largest absolute Gasteiger partial charge is 0.372 e. The van der Waals surface area contributed by atoms with E-state index in [-0.39, 0.29) is 0 Å². The Morgan fingerprint density at radius 1 is 1.07 bits per heavy atom. The van der Waals surface area contributed by atoms with Crippen LogP contribution >= 0.6 is 11.8 Å². The minimum atomic E-state index is 0.574. The number of anilines is 1. The average molecular weight is 223 g/mol. The maximum absolute atomic E-state index is 2.34. The molecule has 0 radical (unpaired) electrons. The van der Waals surface area contributed by atoms with Crippen LogP contribution in [0.1, 0.15) is 20.8 Å². The molecule has 0 N–H and O–H groups in total. The first-order valence-electron chi connectivity index (χ1n) is 5.43. The first-order chi connectivity index (χ1) is 7.06. The lowest BCUT2D eigenvalue weighted by Gasteiger charge is -2.30. The third-order valence-electron chi connectivity index (χ3n) is 3.06. The Labute approximate surface area is 97.9 Å². The van der Waals surface area contributed by atoms with E-state index in [0.29, 0.717) is 12.0 Å². The molecule has 0 aliphatic heterocycles. The van der Waals surface area contributed by atoms with Crippen LogP contribution < -0.4 is 4.90 Å². The second-order valence-electron chi connectivity index (χ2n) is 4.29. The molecule has 1 rings (SSSR count). The standard InChI is InChI=1S/C13H21NS/c1-10(2)11(3)14(4)12-6-8-13(15-5)9-7-12/h6-11H,1-5H3. The van der Waals surface area contributed by atoms with Gasteiger partial charge in [-0.2, -0.15) is 0 Å². The summed E-state index contributed by atoms with van der Waals surface area (Å²) in [7, 11) is 2.17. The summed E-state index contributed by atoms with van der Waals surface area (Å²) in [5.41, 5.74) is 1.30. The molecule has 0 heterocycles. The Hall–Kier alpha value is -0.630. The lowest BCUT2D eigenvalue weighted by atomic mass is 10.0. The predicted molar refractivity (Wildman–Crippen MR) is 70.9 cm³/mol. The molecule has 1 aromatic rings. The van der Waals surface area contributed by atoms with E-state index in [1.165, 1.54) is 10.6 Å². The summed E-state index contributed by atoms with van der Waals surface area (Å²) in [5, 5.41) is 0. The highest BCUT2D eigenvalue weighted by atomic mass is 32.2. The fraction of sp³-hybridized carbons (Fsp3) is 0.538. The summed E-state index contributed by atoms with van der Waals surface area (Å²) >= 11 is 1.79. The van der Waals surface area contributed by atoms with Crippen molar-refractivity contribution in [1.29, 1.82) is 0 Å². The second-order valence-corrected chi connectivity index (χ2v) is 5.17. The van der Waals surface area contributed by atoms with Gasteiger partial charge in [0, 0.05) is 23.7 Å². The molecule has 0 amide bonds. The van der Waals surface area contributed by atoms with Gasteiger partial charge in [0.2, 0.25) is 0 Å². The number of hydrogen-bond donors (Lipinski definition) is 0. The molecular weight excluding hydrogens is 202 g/mol. The molecule has 0 aromatic heterocycles. The molecule has 2 heteroatoms. The molecule has 0 aliphatic rings. The zero-order valence-electron chi connectivity index (χ0n) is 10.3. The Morgan fingerprint density at radius 3 is 2.00 bits per heavy atom. The molecule has 84 valence electrons. The Kier molecular flexibility index (Phi) is 4.52. The lowest BCUT2D eigenvalue weighted by Crippen LogP contribution is -2.32. The van der Waals surface area contributed by atoms with Crippen LogP contribution in [0.2, 0.25) is 0 Å². The molecule has 0 spiro atoms. The summed E-state index contributed by atoms with van der Waals surface area (Å²) in [6.07, 6.45) is 2.11.